The van der Waals surface area contributed by atoms with Gasteiger partial charge in [-0.1, -0.05) is 48.6 Å². The molecule has 4 aromatic rings. The average molecular weight is 909 g/mol. The lowest BCUT2D eigenvalue weighted by Gasteiger charge is -2.40. The second-order valence-electron chi connectivity index (χ2n) is 13.7. The summed E-state index contributed by atoms with van der Waals surface area (Å²) >= 11 is 1.26. The molecule has 1 saturated heterocycles. The normalized spacial score (nSPS) is 16.9. The van der Waals surface area contributed by atoms with Gasteiger partial charge in [0.15, 0.2) is 11.9 Å². The number of halogens is 3. The number of carbonyl (C=O) groups is 2. The van der Waals surface area contributed by atoms with Crippen LogP contribution in [0.4, 0.5) is 13.2 Å². The number of benzene rings is 3. The quantitative estimate of drug-likeness (QED) is 0.0318. The molecule has 5 rings (SSSR count). The monoisotopic (exact) mass is 908 g/mol. The molecule has 3 aromatic carbocycles. The SMILES string of the molecule is C=CCOP(=O)(OCC=C)OCc1ccc(COC(C)=O)c(C(=O)O[C@@](Cn2cncn2)(c2ccc(F)cc2F)[C@@H](C)SC2COC(/C=C/C=C/c3ccc(C#N)cc3F)OC2)c1. The van der Waals surface area contributed by atoms with Crippen molar-refractivity contribution < 1.29 is 59.8 Å². The lowest BCUT2D eigenvalue weighted by atomic mass is 9.89. The summed E-state index contributed by atoms with van der Waals surface area (Å²) < 4.78 is 99.2. The summed E-state index contributed by atoms with van der Waals surface area (Å²) in [5.41, 5.74) is -1.25. The number of esters is 2. The number of nitriles is 1. The van der Waals surface area contributed by atoms with E-state index in [9.17, 15) is 22.9 Å². The fourth-order valence-electron chi connectivity index (χ4n) is 6.11. The smallest absolute Gasteiger partial charge is 0.461 e. The Labute approximate surface area is 366 Å². The van der Waals surface area contributed by atoms with E-state index in [0.29, 0.717) is 11.6 Å². The number of hydrogen-bond donors (Lipinski definition) is 0. The zero-order chi connectivity index (χ0) is 45.4. The Morgan fingerprint density at radius 1 is 1.02 bits per heavy atom. The minimum atomic E-state index is -4.14. The number of hydrogen-bond acceptors (Lipinski definition) is 14. The maximum Gasteiger partial charge on any atom is 0.475 e. The Morgan fingerprint density at radius 3 is 2.40 bits per heavy atom. The van der Waals surface area contributed by atoms with Crippen molar-refractivity contribution in [2.75, 3.05) is 26.4 Å². The predicted octanol–water partition coefficient (Wildman–Crippen LogP) is 8.55. The van der Waals surface area contributed by atoms with Crippen molar-refractivity contribution in [3.8, 4) is 6.07 Å². The van der Waals surface area contributed by atoms with Crippen molar-refractivity contribution in [1.82, 2.24) is 14.8 Å². The van der Waals surface area contributed by atoms with Gasteiger partial charge in [-0.2, -0.15) is 10.4 Å². The number of allylic oxidation sites excluding steroid dienone is 2. The Balaban J connectivity index is 1.43. The second kappa shape index (κ2) is 23.2. The van der Waals surface area contributed by atoms with E-state index in [0.717, 1.165) is 12.1 Å². The van der Waals surface area contributed by atoms with Crippen LogP contribution in [-0.2, 0) is 67.2 Å². The van der Waals surface area contributed by atoms with Crippen LogP contribution in [0.1, 0.15) is 52.0 Å². The molecule has 0 spiro atoms. The van der Waals surface area contributed by atoms with Crippen molar-refractivity contribution in [3.05, 3.63) is 162 Å². The van der Waals surface area contributed by atoms with Crippen LogP contribution in [0.15, 0.2) is 111 Å². The van der Waals surface area contributed by atoms with Gasteiger partial charge in [0, 0.05) is 34.9 Å². The minimum absolute atomic E-state index is 0.121. The van der Waals surface area contributed by atoms with E-state index in [-0.39, 0.29) is 74.0 Å². The molecule has 19 heteroatoms. The highest BCUT2D eigenvalue weighted by atomic mass is 32.2. The van der Waals surface area contributed by atoms with Crippen LogP contribution in [0, 0.1) is 28.8 Å². The van der Waals surface area contributed by atoms with Crippen LogP contribution in [0.5, 0.6) is 0 Å². The number of ether oxygens (including phenoxy) is 4. The van der Waals surface area contributed by atoms with Crippen molar-refractivity contribution in [2.24, 2.45) is 0 Å². The van der Waals surface area contributed by atoms with E-state index in [4.69, 9.17) is 37.8 Å². The Kier molecular flexibility index (Phi) is 17.8. The van der Waals surface area contributed by atoms with Crippen LogP contribution in [0.2, 0.25) is 0 Å². The number of phosphoric ester groups is 1. The second-order valence-corrected chi connectivity index (χ2v) is 17.0. The third-order valence-corrected chi connectivity index (χ3v) is 12.0. The predicted molar refractivity (Wildman–Crippen MR) is 226 cm³/mol. The summed E-state index contributed by atoms with van der Waals surface area (Å²) in [5, 5.41) is 12.0. The van der Waals surface area contributed by atoms with Gasteiger partial charge < -0.3 is 18.9 Å². The molecule has 1 aliphatic heterocycles. The van der Waals surface area contributed by atoms with Crippen LogP contribution in [0.25, 0.3) is 6.08 Å². The third-order valence-electron chi connectivity index (χ3n) is 9.17. The van der Waals surface area contributed by atoms with Gasteiger partial charge in [0.25, 0.3) is 0 Å². The molecule has 0 bridgehead atoms. The largest absolute Gasteiger partial charge is 0.475 e. The number of carbonyl (C=O) groups excluding carboxylic acids is 2. The molecule has 63 heavy (non-hydrogen) atoms. The zero-order valence-corrected chi connectivity index (χ0v) is 36.0. The van der Waals surface area contributed by atoms with Crippen molar-refractivity contribution in [2.45, 2.75) is 56.0 Å². The van der Waals surface area contributed by atoms with Gasteiger partial charge in [0.2, 0.25) is 0 Å². The van der Waals surface area contributed by atoms with Crippen molar-refractivity contribution in [1.29, 1.82) is 5.26 Å². The first-order valence-electron chi connectivity index (χ1n) is 19.2. The molecular weight excluding hydrogens is 865 g/mol. The van der Waals surface area contributed by atoms with E-state index in [1.165, 1.54) is 84.6 Å². The topological polar surface area (TPSA) is 170 Å². The van der Waals surface area contributed by atoms with E-state index in [1.54, 1.807) is 31.2 Å². The van der Waals surface area contributed by atoms with E-state index in [2.05, 4.69) is 23.2 Å². The number of rotatable bonds is 22. The number of thioether (sulfide) groups is 1. The molecule has 332 valence electrons. The van der Waals surface area contributed by atoms with Crippen molar-refractivity contribution in [3.63, 3.8) is 0 Å². The highest BCUT2D eigenvalue weighted by Gasteiger charge is 2.47. The Morgan fingerprint density at radius 2 is 1.76 bits per heavy atom. The maximum absolute atomic E-state index is 16.2. The zero-order valence-electron chi connectivity index (χ0n) is 34.3. The lowest BCUT2D eigenvalue weighted by molar-refractivity contribution is -0.146. The molecule has 0 N–H and O–H groups in total. The lowest BCUT2D eigenvalue weighted by Crippen LogP contribution is -2.47. The minimum Gasteiger partial charge on any atom is -0.461 e. The van der Waals surface area contributed by atoms with Crippen molar-refractivity contribution >= 4 is 37.6 Å². The molecule has 1 fully saturated rings. The first kappa shape index (κ1) is 48.4. The molecule has 0 radical (unpaired) electrons. The molecule has 0 saturated carbocycles. The molecule has 0 amide bonds. The van der Waals surface area contributed by atoms with Crippen LogP contribution in [0.3, 0.4) is 0 Å². The maximum atomic E-state index is 16.2. The first-order valence-corrected chi connectivity index (χ1v) is 21.6. The molecule has 1 aromatic heterocycles. The number of phosphoric acid groups is 1. The molecule has 2 atom stereocenters. The standard InChI is InChI=1S/C44H44F3N4O10PS/c1-5-17-58-62(54,59-18-6-2)60-23-33-12-14-35(24-55-31(4)52)38(19-33)43(53)61-44(27-51-29-49-28-50-51,39-16-15-36(45)21-41(39)47)30(3)63-37-25-56-42(57-26-37)10-8-7-9-34-13-11-32(22-48)20-40(34)46/h5-16,19-21,28-30,37,42H,1-2,17-18,23-27H2,3-4H3/b9-7+,10-8+/t30-,37?,42?,44-/m1/s1. The van der Waals surface area contributed by atoms with Gasteiger partial charge >= 0.3 is 19.8 Å². The molecular formula is C44H44F3N4O10PS. The van der Waals surface area contributed by atoms with E-state index < -0.39 is 59.6 Å². The van der Waals surface area contributed by atoms with Gasteiger partial charge in [-0.25, -0.2) is 32.2 Å². The van der Waals surface area contributed by atoms with Gasteiger partial charge in [-0.05, 0) is 48.9 Å². The number of aromatic nitrogens is 3. The van der Waals surface area contributed by atoms with Crippen LogP contribution in [-0.4, -0.2) is 69.9 Å². The van der Waals surface area contributed by atoms with Gasteiger partial charge in [-0.3, -0.25) is 18.4 Å². The van der Waals surface area contributed by atoms with Gasteiger partial charge in [-0.15, -0.1) is 24.9 Å². The highest BCUT2D eigenvalue weighted by Crippen LogP contribution is 2.50. The molecule has 0 unspecified atom stereocenters. The molecule has 1 aliphatic rings. The summed E-state index contributed by atoms with van der Waals surface area (Å²) in [6.45, 7) is 8.91. The molecule has 2 heterocycles. The summed E-state index contributed by atoms with van der Waals surface area (Å²) in [5.74, 6) is -4.06. The number of nitrogens with zero attached hydrogens (tertiary/aromatic N) is 4. The van der Waals surface area contributed by atoms with E-state index >= 15 is 4.39 Å². The van der Waals surface area contributed by atoms with Crippen LogP contribution >= 0.6 is 19.6 Å². The third kappa shape index (κ3) is 13.7. The fraction of sp³-hybridized carbons (Fsp3) is 0.295. The summed E-state index contributed by atoms with van der Waals surface area (Å²) in [6, 6.07) is 13.3. The van der Waals surface area contributed by atoms with Gasteiger partial charge in [0.05, 0.1) is 62.0 Å². The van der Waals surface area contributed by atoms with Crippen LogP contribution < -0.4 is 0 Å². The summed E-state index contributed by atoms with van der Waals surface area (Å²) in [6.07, 6.45) is 10.9. The van der Waals surface area contributed by atoms with E-state index in [1.807, 2.05) is 6.07 Å². The Bertz CT molecular complexity index is 2370. The molecule has 14 nitrogen and oxygen atoms in total. The summed E-state index contributed by atoms with van der Waals surface area (Å²) in [4.78, 5) is 30.6. The van der Waals surface area contributed by atoms with Gasteiger partial charge in [0.1, 0.15) is 36.7 Å². The first-order chi connectivity index (χ1) is 30.3. The highest BCUT2D eigenvalue weighted by molar-refractivity contribution is 8.00. The summed E-state index contributed by atoms with van der Waals surface area (Å²) in [7, 11) is -4.14. The fourth-order valence-corrected chi connectivity index (χ4v) is 8.58. The Hall–Kier alpha value is -5.64. The molecule has 0 aliphatic carbocycles. The average Bonchev–Trinajstić information content (AvgIpc) is 3.78.